The highest BCUT2D eigenvalue weighted by Gasteiger charge is 2.34. The number of unbranched alkanes of at least 4 members (excludes halogenated alkanes) is 2. The maximum Gasteiger partial charge on any atom is 0.269 e. The molecule has 1 atom stereocenters. The van der Waals surface area contributed by atoms with Crippen molar-refractivity contribution in [1.29, 1.82) is 0 Å². The van der Waals surface area contributed by atoms with Crippen LogP contribution in [-0.2, 0) is 4.79 Å². The number of amides is 1. The SMILES string of the molecule is CCCCCC(=O)NC(NC(=S)Nc1ccc([N+](=O)[O-])cc1)C(Cl)(Cl)Cl. The van der Waals surface area contributed by atoms with Gasteiger partial charge in [0.15, 0.2) is 5.11 Å². The van der Waals surface area contributed by atoms with Gasteiger partial charge >= 0.3 is 0 Å². The van der Waals surface area contributed by atoms with E-state index < -0.39 is 14.9 Å². The first-order chi connectivity index (χ1) is 12.1. The number of nitrogens with one attached hydrogen (secondary N) is 3. The normalized spacial score (nSPS) is 12.2. The number of rotatable bonds is 8. The summed E-state index contributed by atoms with van der Waals surface area (Å²) in [5.41, 5.74) is 0.457. The number of nitrogens with zero attached hydrogens (tertiary/aromatic N) is 1. The van der Waals surface area contributed by atoms with E-state index in [1.165, 1.54) is 24.3 Å². The molecule has 0 fully saturated rings. The number of nitro groups is 1. The fourth-order valence-corrected chi connectivity index (χ4v) is 2.50. The standard InChI is InChI=1S/C15H19Cl3N4O3S/c1-2-3-4-5-12(23)20-13(15(16,17)18)21-14(26)19-10-6-8-11(9-7-10)22(24)25/h6-9,13H,2-5H2,1H3,(H,20,23)(H2,19,21,26). The highest BCUT2D eigenvalue weighted by molar-refractivity contribution is 7.80. The maximum absolute atomic E-state index is 12.0. The van der Waals surface area contributed by atoms with Crippen molar-refractivity contribution in [3.05, 3.63) is 34.4 Å². The Labute approximate surface area is 171 Å². The number of anilines is 1. The Balaban J connectivity index is 2.65. The lowest BCUT2D eigenvalue weighted by molar-refractivity contribution is -0.384. The summed E-state index contributed by atoms with van der Waals surface area (Å²) in [4.78, 5) is 22.1. The van der Waals surface area contributed by atoms with Crippen molar-refractivity contribution >= 4 is 69.4 Å². The van der Waals surface area contributed by atoms with Gasteiger partial charge in [0.1, 0.15) is 6.17 Å². The van der Waals surface area contributed by atoms with Gasteiger partial charge in [0, 0.05) is 24.2 Å². The fourth-order valence-electron chi connectivity index (χ4n) is 1.93. The Hall–Kier alpha value is -1.35. The summed E-state index contributed by atoms with van der Waals surface area (Å²) in [6, 6.07) is 5.62. The third-order valence-corrected chi connectivity index (χ3v) is 4.13. The monoisotopic (exact) mass is 440 g/mol. The van der Waals surface area contributed by atoms with Gasteiger partial charge in [-0.2, -0.15) is 0 Å². The molecule has 0 saturated carbocycles. The van der Waals surface area contributed by atoms with E-state index >= 15 is 0 Å². The largest absolute Gasteiger partial charge is 0.339 e. The van der Waals surface area contributed by atoms with E-state index in [1.54, 1.807) is 0 Å². The molecule has 0 saturated heterocycles. The summed E-state index contributed by atoms with van der Waals surface area (Å²) in [7, 11) is 0. The van der Waals surface area contributed by atoms with Crippen LogP contribution in [0.25, 0.3) is 0 Å². The minimum atomic E-state index is -1.83. The summed E-state index contributed by atoms with van der Waals surface area (Å²) in [6.45, 7) is 2.03. The van der Waals surface area contributed by atoms with Gasteiger partial charge in [-0.3, -0.25) is 14.9 Å². The smallest absolute Gasteiger partial charge is 0.269 e. The quantitative estimate of drug-likeness (QED) is 0.139. The van der Waals surface area contributed by atoms with Gasteiger partial charge in [-0.25, -0.2) is 0 Å². The van der Waals surface area contributed by atoms with Crippen LogP contribution in [0.1, 0.15) is 32.6 Å². The Bertz CT molecular complexity index is 638. The number of hydrogen-bond donors (Lipinski definition) is 3. The zero-order chi connectivity index (χ0) is 19.7. The second kappa shape index (κ2) is 10.7. The van der Waals surface area contributed by atoms with Crippen LogP contribution in [0.4, 0.5) is 11.4 Å². The molecule has 144 valence electrons. The third kappa shape index (κ3) is 8.35. The molecular formula is C15H19Cl3N4O3S. The van der Waals surface area contributed by atoms with Crippen LogP contribution in [0.2, 0.25) is 0 Å². The first-order valence-corrected chi connectivity index (χ1v) is 9.35. The molecule has 0 bridgehead atoms. The summed E-state index contributed by atoms with van der Waals surface area (Å²) in [6.07, 6.45) is 1.93. The molecule has 0 heterocycles. The molecular weight excluding hydrogens is 423 g/mol. The number of nitro benzene ring substituents is 1. The molecule has 0 radical (unpaired) electrons. The molecule has 0 aliphatic heterocycles. The Morgan fingerprint density at radius 2 is 1.85 bits per heavy atom. The Morgan fingerprint density at radius 3 is 2.35 bits per heavy atom. The molecule has 26 heavy (non-hydrogen) atoms. The zero-order valence-electron chi connectivity index (χ0n) is 13.9. The van der Waals surface area contributed by atoms with Crippen LogP contribution in [0.3, 0.4) is 0 Å². The van der Waals surface area contributed by atoms with Crippen molar-refractivity contribution in [1.82, 2.24) is 10.6 Å². The van der Waals surface area contributed by atoms with Crippen LogP contribution in [0.15, 0.2) is 24.3 Å². The van der Waals surface area contributed by atoms with Crippen molar-refractivity contribution in [2.24, 2.45) is 0 Å². The van der Waals surface area contributed by atoms with Crippen molar-refractivity contribution in [3.63, 3.8) is 0 Å². The van der Waals surface area contributed by atoms with Gasteiger partial charge in [0.25, 0.3) is 5.69 Å². The molecule has 1 aromatic rings. The lowest BCUT2D eigenvalue weighted by atomic mass is 10.2. The molecule has 3 N–H and O–H groups in total. The third-order valence-electron chi connectivity index (χ3n) is 3.25. The predicted octanol–water partition coefficient (Wildman–Crippen LogP) is 4.27. The molecule has 1 amide bonds. The van der Waals surface area contributed by atoms with Gasteiger partial charge < -0.3 is 16.0 Å². The molecule has 0 spiro atoms. The van der Waals surface area contributed by atoms with Crippen molar-refractivity contribution in [2.75, 3.05) is 5.32 Å². The van der Waals surface area contributed by atoms with Gasteiger partial charge in [-0.15, -0.1) is 0 Å². The van der Waals surface area contributed by atoms with Crippen molar-refractivity contribution < 1.29 is 9.72 Å². The Kier molecular flexibility index (Phi) is 9.35. The lowest BCUT2D eigenvalue weighted by Crippen LogP contribution is -2.56. The summed E-state index contributed by atoms with van der Waals surface area (Å²) < 4.78 is -1.83. The number of thiocarbonyl (C=S) groups is 1. The van der Waals surface area contributed by atoms with E-state index in [4.69, 9.17) is 47.0 Å². The molecule has 0 aliphatic carbocycles. The van der Waals surface area contributed by atoms with E-state index in [-0.39, 0.29) is 16.7 Å². The van der Waals surface area contributed by atoms with E-state index in [2.05, 4.69) is 16.0 Å². The second-order valence-corrected chi connectivity index (χ2v) is 8.18. The van der Waals surface area contributed by atoms with E-state index in [0.717, 1.165) is 19.3 Å². The molecule has 0 aliphatic rings. The first kappa shape index (κ1) is 22.7. The molecule has 1 aromatic carbocycles. The number of carbonyl (C=O) groups excluding carboxylic acids is 1. The molecule has 11 heteroatoms. The predicted molar refractivity (Wildman–Crippen MR) is 109 cm³/mol. The summed E-state index contributed by atoms with van der Waals surface area (Å²) in [5, 5.41) is 18.9. The highest BCUT2D eigenvalue weighted by atomic mass is 35.6. The van der Waals surface area contributed by atoms with Gasteiger partial charge in [0.05, 0.1) is 4.92 Å². The second-order valence-electron chi connectivity index (χ2n) is 5.40. The number of carbonyl (C=O) groups is 1. The van der Waals surface area contributed by atoms with Gasteiger partial charge in [-0.05, 0) is 30.8 Å². The van der Waals surface area contributed by atoms with E-state index in [9.17, 15) is 14.9 Å². The maximum atomic E-state index is 12.0. The Morgan fingerprint density at radius 1 is 1.23 bits per heavy atom. The highest BCUT2D eigenvalue weighted by Crippen LogP contribution is 2.29. The van der Waals surface area contributed by atoms with Crippen LogP contribution < -0.4 is 16.0 Å². The van der Waals surface area contributed by atoms with Crippen molar-refractivity contribution in [3.8, 4) is 0 Å². The van der Waals surface area contributed by atoms with Crippen molar-refractivity contribution in [2.45, 2.75) is 42.6 Å². The minimum Gasteiger partial charge on any atom is -0.339 e. The van der Waals surface area contributed by atoms with E-state index in [0.29, 0.717) is 12.1 Å². The average molecular weight is 442 g/mol. The number of benzene rings is 1. The van der Waals surface area contributed by atoms with Gasteiger partial charge in [-0.1, -0.05) is 54.6 Å². The molecule has 0 aromatic heterocycles. The first-order valence-electron chi connectivity index (χ1n) is 7.81. The van der Waals surface area contributed by atoms with Crippen LogP contribution in [0.5, 0.6) is 0 Å². The summed E-state index contributed by atoms with van der Waals surface area (Å²) >= 11 is 22.8. The number of alkyl halides is 3. The molecule has 1 unspecified atom stereocenters. The summed E-state index contributed by atoms with van der Waals surface area (Å²) in [5.74, 6) is -0.264. The zero-order valence-corrected chi connectivity index (χ0v) is 17.0. The van der Waals surface area contributed by atoms with Crippen LogP contribution >= 0.6 is 47.0 Å². The van der Waals surface area contributed by atoms with E-state index in [1.807, 2.05) is 6.92 Å². The van der Waals surface area contributed by atoms with Crippen LogP contribution in [-0.4, -0.2) is 25.9 Å². The average Bonchev–Trinajstić information content (AvgIpc) is 2.54. The minimum absolute atomic E-state index is 0.0482. The lowest BCUT2D eigenvalue weighted by Gasteiger charge is -2.27. The molecule has 1 rings (SSSR count). The van der Waals surface area contributed by atoms with Gasteiger partial charge in [0.2, 0.25) is 9.70 Å². The number of hydrogen-bond acceptors (Lipinski definition) is 4. The molecule has 7 nitrogen and oxygen atoms in total. The fraction of sp³-hybridized carbons (Fsp3) is 0.467. The number of non-ortho nitro benzene ring substituents is 1. The number of halogens is 3. The topological polar surface area (TPSA) is 96.3 Å². The van der Waals surface area contributed by atoms with Crippen LogP contribution in [0, 0.1) is 10.1 Å².